The summed E-state index contributed by atoms with van der Waals surface area (Å²) in [7, 11) is 0. The van der Waals surface area contributed by atoms with Gasteiger partial charge in [0.15, 0.2) is 5.82 Å². The Morgan fingerprint density at radius 2 is 1.54 bits per heavy atom. The molecule has 246 valence electrons. The van der Waals surface area contributed by atoms with Crippen molar-refractivity contribution in [3.8, 4) is 5.82 Å². The van der Waals surface area contributed by atoms with Gasteiger partial charge in [0.1, 0.15) is 17.9 Å². The Hall–Kier alpha value is -3.96. The molecule has 20 heteroatoms. The van der Waals surface area contributed by atoms with Crippen molar-refractivity contribution in [3.05, 3.63) is 80.4 Å². The predicted octanol–water partition coefficient (Wildman–Crippen LogP) is 6.94. The number of nitrogens with zero attached hydrogens (tertiary/aromatic N) is 6. The summed E-state index contributed by atoms with van der Waals surface area (Å²) in [6.07, 6.45) is -11.5. The van der Waals surface area contributed by atoms with Crippen molar-refractivity contribution < 1.29 is 40.3 Å². The smallest absolute Gasteiger partial charge is 0.347 e. The van der Waals surface area contributed by atoms with Crippen LogP contribution in [0.15, 0.2) is 42.7 Å². The Kier molecular flexibility index (Phi) is 9.36. The standard InChI is InChI=1S/C26H20Cl3F7N8O2/c1-23(2,3)40-21(45)14-7-12(27)8-16(29)19(14)39-22(46)17-9-13(41-44(17)20-15(28)5-4-6-37-20)11-43-38-10-18(42-43)24(30,25(31,32)33)26(34,35)36/h4-10H,11H2,1-3H3,(H,39,46)(H,40,45). The lowest BCUT2D eigenvalue weighted by Gasteiger charge is -2.27. The van der Waals surface area contributed by atoms with Crippen LogP contribution in [0, 0.1) is 0 Å². The molecule has 46 heavy (non-hydrogen) atoms. The van der Waals surface area contributed by atoms with Gasteiger partial charge in [-0.3, -0.25) is 9.59 Å². The lowest BCUT2D eigenvalue weighted by atomic mass is 10.0. The van der Waals surface area contributed by atoms with Gasteiger partial charge in [-0.25, -0.2) is 14.1 Å². The van der Waals surface area contributed by atoms with E-state index in [0.29, 0.717) is 4.80 Å². The van der Waals surface area contributed by atoms with E-state index in [1.807, 2.05) is 0 Å². The second kappa shape index (κ2) is 12.3. The molecule has 0 spiro atoms. The van der Waals surface area contributed by atoms with Gasteiger partial charge in [-0.05, 0) is 51.1 Å². The van der Waals surface area contributed by atoms with E-state index in [4.69, 9.17) is 34.8 Å². The first-order valence-electron chi connectivity index (χ1n) is 12.7. The zero-order valence-electron chi connectivity index (χ0n) is 23.5. The lowest BCUT2D eigenvalue weighted by molar-refractivity contribution is -0.350. The minimum absolute atomic E-state index is 0.0157. The molecule has 0 saturated heterocycles. The van der Waals surface area contributed by atoms with Crippen LogP contribution in [0.1, 0.15) is 53.0 Å². The number of carbonyl (C=O) groups is 2. The van der Waals surface area contributed by atoms with Crippen LogP contribution in [0.25, 0.3) is 5.82 Å². The minimum atomic E-state index is -6.40. The van der Waals surface area contributed by atoms with E-state index in [1.54, 1.807) is 20.8 Å². The van der Waals surface area contributed by atoms with Gasteiger partial charge in [0.25, 0.3) is 11.8 Å². The molecule has 0 aliphatic rings. The summed E-state index contributed by atoms with van der Waals surface area (Å²) in [6, 6.07) is 6.45. The average Bonchev–Trinajstić information content (AvgIpc) is 3.55. The number of amides is 2. The monoisotopic (exact) mass is 714 g/mol. The highest BCUT2D eigenvalue weighted by atomic mass is 35.5. The molecule has 10 nitrogen and oxygen atoms in total. The maximum absolute atomic E-state index is 14.5. The molecule has 1 aromatic carbocycles. The van der Waals surface area contributed by atoms with E-state index >= 15 is 0 Å². The second-order valence-corrected chi connectivity index (χ2v) is 11.9. The minimum Gasteiger partial charge on any atom is -0.347 e. The number of aromatic nitrogens is 6. The van der Waals surface area contributed by atoms with Gasteiger partial charge in [0.2, 0.25) is 0 Å². The summed E-state index contributed by atoms with van der Waals surface area (Å²) in [5, 5.41) is 15.7. The van der Waals surface area contributed by atoms with Crippen LogP contribution >= 0.6 is 34.8 Å². The van der Waals surface area contributed by atoms with E-state index in [0.717, 1.165) is 10.7 Å². The van der Waals surface area contributed by atoms with Crippen LogP contribution in [0.4, 0.5) is 36.4 Å². The Morgan fingerprint density at radius 3 is 2.13 bits per heavy atom. The molecule has 0 aliphatic heterocycles. The van der Waals surface area contributed by atoms with Crippen molar-refractivity contribution in [1.29, 1.82) is 0 Å². The Morgan fingerprint density at radius 1 is 0.891 bits per heavy atom. The number of pyridine rings is 1. The second-order valence-electron chi connectivity index (χ2n) is 10.6. The van der Waals surface area contributed by atoms with Crippen molar-refractivity contribution in [2.24, 2.45) is 0 Å². The summed E-state index contributed by atoms with van der Waals surface area (Å²) in [6.45, 7) is 4.40. The van der Waals surface area contributed by atoms with Gasteiger partial charge in [0, 0.05) is 16.8 Å². The molecule has 0 atom stereocenters. The Balaban J connectivity index is 1.76. The van der Waals surface area contributed by atoms with Crippen molar-refractivity contribution in [3.63, 3.8) is 0 Å². The highest BCUT2D eigenvalue weighted by Gasteiger charge is 2.75. The van der Waals surface area contributed by atoms with E-state index in [9.17, 15) is 40.3 Å². The number of hydrogen-bond donors (Lipinski definition) is 2. The summed E-state index contributed by atoms with van der Waals surface area (Å²) < 4.78 is 94.5. The molecule has 0 radical (unpaired) electrons. The van der Waals surface area contributed by atoms with Crippen LogP contribution in [0.2, 0.25) is 15.1 Å². The zero-order chi connectivity index (χ0) is 34.4. The van der Waals surface area contributed by atoms with Crippen LogP contribution in [-0.2, 0) is 12.2 Å². The van der Waals surface area contributed by atoms with Crippen molar-refractivity contribution in [2.75, 3.05) is 5.32 Å². The topological polar surface area (TPSA) is 120 Å². The normalized spacial score (nSPS) is 12.7. The van der Waals surface area contributed by atoms with Gasteiger partial charge in [-0.1, -0.05) is 34.8 Å². The SMILES string of the molecule is CC(C)(C)NC(=O)c1cc(Cl)cc(Cl)c1NC(=O)c1cc(Cn2ncc(C(F)(C(F)(F)F)C(F)(F)F)n2)nn1-c1ncccc1Cl. The fourth-order valence-corrected chi connectivity index (χ4v) is 4.70. The van der Waals surface area contributed by atoms with Gasteiger partial charge in [-0.2, -0.15) is 46.4 Å². The Labute approximate surface area is 269 Å². The number of nitrogens with one attached hydrogen (secondary N) is 2. The van der Waals surface area contributed by atoms with E-state index in [-0.39, 0.29) is 49.7 Å². The molecular formula is C26H20Cl3F7N8O2. The van der Waals surface area contributed by atoms with Crippen molar-refractivity contribution >= 4 is 52.3 Å². The number of hydrogen-bond acceptors (Lipinski definition) is 6. The Bertz CT molecular complexity index is 1780. The highest BCUT2D eigenvalue weighted by Crippen LogP contribution is 2.52. The number of halogens is 10. The molecule has 0 bridgehead atoms. The zero-order valence-corrected chi connectivity index (χ0v) is 25.8. The molecular weight excluding hydrogens is 696 g/mol. The fourth-order valence-electron chi connectivity index (χ4n) is 3.96. The third kappa shape index (κ3) is 7.05. The molecule has 4 aromatic rings. The number of benzene rings is 1. The molecule has 0 unspecified atom stereocenters. The first kappa shape index (κ1) is 34.9. The van der Waals surface area contributed by atoms with Crippen molar-refractivity contribution in [2.45, 2.75) is 50.9 Å². The van der Waals surface area contributed by atoms with Crippen LogP contribution in [0.3, 0.4) is 0 Å². The maximum atomic E-state index is 14.5. The van der Waals surface area contributed by atoms with Gasteiger partial charge in [-0.15, -0.1) is 0 Å². The van der Waals surface area contributed by atoms with E-state index < -0.39 is 47.6 Å². The molecule has 0 saturated carbocycles. The molecule has 2 amide bonds. The molecule has 0 aliphatic carbocycles. The first-order valence-corrected chi connectivity index (χ1v) is 13.8. The fraction of sp³-hybridized carbons (Fsp3) is 0.308. The van der Waals surface area contributed by atoms with E-state index in [1.165, 1.54) is 30.5 Å². The number of carbonyl (C=O) groups excluding carboxylic acids is 2. The van der Waals surface area contributed by atoms with Crippen LogP contribution in [-0.4, -0.2) is 59.5 Å². The summed E-state index contributed by atoms with van der Waals surface area (Å²) in [4.78, 5) is 31.1. The largest absolute Gasteiger partial charge is 0.437 e. The predicted molar refractivity (Wildman–Crippen MR) is 152 cm³/mol. The van der Waals surface area contributed by atoms with Crippen molar-refractivity contribution in [1.82, 2.24) is 35.1 Å². The molecule has 0 fully saturated rings. The molecule has 3 heterocycles. The lowest BCUT2D eigenvalue weighted by Crippen LogP contribution is -2.50. The molecule has 2 N–H and O–H groups in total. The molecule has 3 aromatic heterocycles. The highest BCUT2D eigenvalue weighted by molar-refractivity contribution is 6.38. The summed E-state index contributed by atoms with van der Waals surface area (Å²) in [5.41, 5.74) is -9.36. The van der Waals surface area contributed by atoms with Gasteiger partial charge >= 0.3 is 18.0 Å². The summed E-state index contributed by atoms with van der Waals surface area (Å²) >= 11 is 18.7. The average molecular weight is 716 g/mol. The van der Waals surface area contributed by atoms with Gasteiger partial charge < -0.3 is 10.6 Å². The summed E-state index contributed by atoms with van der Waals surface area (Å²) in [5.74, 6) is -1.71. The molecule has 4 rings (SSSR count). The number of anilines is 1. The van der Waals surface area contributed by atoms with Gasteiger partial charge in [0.05, 0.1) is 33.2 Å². The van der Waals surface area contributed by atoms with E-state index in [2.05, 4.69) is 30.9 Å². The third-order valence-corrected chi connectivity index (χ3v) is 6.74. The first-order chi connectivity index (χ1) is 21.1. The number of rotatable bonds is 7. The van der Waals surface area contributed by atoms with Crippen LogP contribution < -0.4 is 10.6 Å². The maximum Gasteiger partial charge on any atom is 0.437 e. The third-order valence-electron chi connectivity index (χ3n) is 5.93. The number of alkyl halides is 7. The van der Waals surface area contributed by atoms with Crippen LogP contribution in [0.5, 0.6) is 0 Å². The quantitative estimate of drug-likeness (QED) is 0.200.